The Hall–Kier alpha value is -2.15. The van der Waals surface area contributed by atoms with Gasteiger partial charge < -0.3 is 5.73 Å². The van der Waals surface area contributed by atoms with Crippen molar-refractivity contribution in [1.29, 1.82) is 0 Å². The Morgan fingerprint density at radius 2 is 1.95 bits per heavy atom. The van der Waals surface area contributed by atoms with Crippen molar-refractivity contribution in [2.75, 3.05) is 6.54 Å². The van der Waals surface area contributed by atoms with Gasteiger partial charge in [0.25, 0.3) is 0 Å². The van der Waals surface area contributed by atoms with Gasteiger partial charge in [0.2, 0.25) is 0 Å². The molecule has 0 unspecified atom stereocenters. The highest BCUT2D eigenvalue weighted by molar-refractivity contribution is 6.31. The second kappa shape index (κ2) is 6.33. The summed E-state index contributed by atoms with van der Waals surface area (Å²) >= 11 is 5.90. The van der Waals surface area contributed by atoms with Gasteiger partial charge in [0.1, 0.15) is 5.82 Å². The SMILES string of the molecule is NCC#Cc1ccc(Cl)cc1C(=O)c1ccccc1F. The number of benzene rings is 2. The van der Waals surface area contributed by atoms with Crippen LogP contribution in [0.2, 0.25) is 5.02 Å². The Morgan fingerprint density at radius 3 is 2.65 bits per heavy atom. The van der Waals surface area contributed by atoms with Gasteiger partial charge in [0, 0.05) is 16.1 Å². The summed E-state index contributed by atoms with van der Waals surface area (Å²) in [7, 11) is 0. The zero-order chi connectivity index (χ0) is 14.5. The monoisotopic (exact) mass is 287 g/mol. The van der Waals surface area contributed by atoms with Crippen LogP contribution in [0.1, 0.15) is 21.5 Å². The lowest BCUT2D eigenvalue weighted by atomic mass is 9.98. The van der Waals surface area contributed by atoms with E-state index in [0.29, 0.717) is 10.6 Å². The Bertz CT molecular complexity index is 716. The predicted molar refractivity (Wildman–Crippen MR) is 77.2 cm³/mol. The van der Waals surface area contributed by atoms with Gasteiger partial charge in [-0.1, -0.05) is 35.6 Å². The summed E-state index contributed by atoms with van der Waals surface area (Å²) in [4.78, 5) is 12.4. The molecule has 0 aromatic heterocycles. The molecule has 2 N–H and O–H groups in total. The van der Waals surface area contributed by atoms with Crippen LogP contribution in [0.5, 0.6) is 0 Å². The Morgan fingerprint density at radius 1 is 1.20 bits per heavy atom. The summed E-state index contributed by atoms with van der Waals surface area (Å²) in [6.45, 7) is 0.177. The van der Waals surface area contributed by atoms with E-state index >= 15 is 0 Å². The minimum Gasteiger partial charge on any atom is -0.320 e. The van der Waals surface area contributed by atoms with Crippen molar-refractivity contribution in [3.05, 3.63) is 70.0 Å². The second-order valence-corrected chi connectivity index (χ2v) is 4.44. The van der Waals surface area contributed by atoms with Crippen LogP contribution in [0.3, 0.4) is 0 Å². The molecule has 2 nitrogen and oxygen atoms in total. The van der Waals surface area contributed by atoms with Gasteiger partial charge in [-0.2, -0.15) is 0 Å². The van der Waals surface area contributed by atoms with E-state index in [1.54, 1.807) is 18.2 Å². The molecule has 0 bridgehead atoms. The van der Waals surface area contributed by atoms with Crippen LogP contribution in [-0.4, -0.2) is 12.3 Å². The molecule has 0 heterocycles. The van der Waals surface area contributed by atoms with Crippen molar-refractivity contribution in [1.82, 2.24) is 0 Å². The van der Waals surface area contributed by atoms with Crippen molar-refractivity contribution in [3.8, 4) is 11.8 Å². The van der Waals surface area contributed by atoms with Crippen molar-refractivity contribution in [3.63, 3.8) is 0 Å². The summed E-state index contributed by atoms with van der Waals surface area (Å²) in [6, 6.07) is 10.5. The summed E-state index contributed by atoms with van der Waals surface area (Å²) < 4.78 is 13.7. The Balaban J connectivity index is 2.54. The maximum atomic E-state index is 13.7. The molecule has 0 radical (unpaired) electrons. The topological polar surface area (TPSA) is 43.1 Å². The van der Waals surface area contributed by atoms with Gasteiger partial charge in [-0.15, -0.1) is 0 Å². The molecular weight excluding hydrogens is 277 g/mol. The lowest BCUT2D eigenvalue weighted by Gasteiger charge is -2.06. The molecule has 0 amide bonds. The minimum atomic E-state index is -0.574. The van der Waals surface area contributed by atoms with Gasteiger partial charge in [-0.25, -0.2) is 4.39 Å². The van der Waals surface area contributed by atoms with E-state index in [-0.39, 0.29) is 17.7 Å². The van der Waals surface area contributed by atoms with Crippen LogP contribution in [0.25, 0.3) is 0 Å². The van der Waals surface area contributed by atoms with Crippen molar-refractivity contribution >= 4 is 17.4 Å². The highest BCUT2D eigenvalue weighted by Crippen LogP contribution is 2.20. The molecule has 0 spiro atoms. The van der Waals surface area contributed by atoms with Crippen molar-refractivity contribution in [2.45, 2.75) is 0 Å². The summed E-state index contributed by atoms with van der Waals surface area (Å²) in [5.41, 5.74) is 6.06. The van der Waals surface area contributed by atoms with Crippen LogP contribution in [0, 0.1) is 17.7 Å². The molecule has 20 heavy (non-hydrogen) atoms. The highest BCUT2D eigenvalue weighted by atomic mass is 35.5. The quantitative estimate of drug-likeness (QED) is 0.681. The van der Waals surface area contributed by atoms with E-state index < -0.39 is 11.6 Å². The summed E-state index contributed by atoms with van der Waals surface area (Å²) in [5, 5.41) is 0.392. The first kappa shape index (κ1) is 14.3. The van der Waals surface area contributed by atoms with E-state index in [1.807, 2.05) is 0 Å². The second-order valence-electron chi connectivity index (χ2n) is 4.00. The van der Waals surface area contributed by atoms with Gasteiger partial charge in [0.15, 0.2) is 5.78 Å². The van der Waals surface area contributed by atoms with Gasteiger partial charge in [-0.3, -0.25) is 4.79 Å². The number of halogens is 2. The number of hydrogen-bond donors (Lipinski definition) is 1. The first-order valence-corrected chi connectivity index (χ1v) is 6.29. The van der Waals surface area contributed by atoms with E-state index in [1.165, 1.54) is 24.3 Å². The maximum Gasteiger partial charge on any atom is 0.197 e. The third-order valence-electron chi connectivity index (χ3n) is 2.67. The number of nitrogens with two attached hydrogens (primary N) is 1. The molecule has 0 atom stereocenters. The summed E-state index contributed by atoms with van der Waals surface area (Å²) in [6.07, 6.45) is 0. The maximum absolute atomic E-state index is 13.7. The zero-order valence-corrected chi connectivity index (χ0v) is 11.2. The molecule has 4 heteroatoms. The number of carbonyl (C=O) groups excluding carboxylic acids is 1. The molecule has 0 saturated carbocycles. The lowest BCUT2D eigenvalue weighted by Crippen LogP contribution is -2.06. The third kappa shape index (κ3) is 3.05. The smallest absolute Gasteiger partial charge is 0.197 e. The molecule has 2 rings (SSSR count). The van der Waals surface area contributed by atoms with E-state index in [9.17, 15) is 9.18 Å². The van der Waals surface area contributed by atoms with Gasteiger partial charge >= 0.3 is 0 Å². The summed E-state index contributed by atoms with van der Waals surface area (Å²) in [5.74, 6) is 4.44. The number of ketones is 1. The zero-order valence-electron chi connectivity index (χ0n) is 10.5. The van der Waals surface area contributed by atoms with Crippen molar-refractivity contribution in [2.24, 2.45) is 5.73 Å². The average Bonchev–Trinajstić information content (AvgIpc) is 2.46. The van der Waals surface area contributed by atoms with Gasteiger partial charge in [-0.05, 0) is 30.3 Å². The average molecular weight is 288 g/mol. The fraction of sp³-hybridized carbons (Fsp3) is 0.0625. The van der Waals surface area contributed by atoms with Crippen LogP contribution in [-0.2, 0) is 0 Å². The molecule has 0 fully saturated rings. The van der Waals surface area contributed by atoms with Crippen molar-refractivity contribution < 1.29 is 9.18 Å². The number of hydrogen-bond acceptors (Lipinski definition) is 2. The molecular formula is C16H11ClFNO. The van der Waals surface area contributed by atoms with E-state index in [0.717, 1.165) is 0 Å². The third-order valence-corrected chi connectivity index (χ3v) is 2.90. The molecule has 0 aliphatic heterocycles. The molecule has 100 valence electrons. The standard InChI is InChI=1S/C16H11ClFNO/c17-12-8-7-11(4-3-9-19)14(10-12)16(20)13-5-1-2-6-15(13)18/h1-2,5-8,10H,9,19H2. The molecule has 0 aliphatic rings. The Labute approximate surface area is 121 Å². The Kier molecular flexibility index (Phi) is 4.52. The van der Waals surface area contributed by atoms with E-state index in [2.05, 4.69) is 11.8 Å². The normalized spacial score (nSPS) is 9.75. The molecule has 2 aromatic rings. The van der Waals surface area contributed by atoms with Crippen LogP contribution >= 0.6 is 11.6 Å². The minimum absolute atomic E-state index is 0.00874. The molecule has 0 aliphatic carbocycles. The van der Waals surface area contributed by atoms with Crippen LogP contribution < -0.4 is 5.73 Å². The lowest BCUT2D eigenvalue weighted by molar-refractivity contribution is 0.103. The van der Waals surface area contributed by atoms with Crippen LogP contribution in [0.15, 0.2) is 42.5 Å². The first-order valence-electron chi connectivity index (χ1n) is 5.91. The largest absolute Gasteiger partial charge is 0.320 e. The number of carbonyl (C=O) groups is 1. The highest BCUT2D eigenvalue weighted by Gasteiger charge is 2.16. The molecule has 0 saturated heterocycles. The first-order chi connectivity index (χ1) is 9.63. The van der Waals surface area contributed by atoms with E-state index in [4.69, 9.17) is 17.3 Å². The fourth-order valence-corrected chi connectivity index (χ4v) is 1.92. The van der Waals surface area contributed by atoms with Gasteiger partial charge in [0.05, 0.1) is 12.1 Å². The van der Waals surface area contributed by atoms with Crippen LogP contribution in [0.4, 0.5) is 4.39 Å². The molecule has 2 aromatic carbocycles. The fourth-order valence-electron chi connectivity index (χ4n) is 1.75. The number of rotatable bonds is 2. The predicted octanol–water partition coefficient (Wildman–Crippen LogP) is 3.02.